The van der Waals surface area contributed by atoms with Gasteiger partial charge in [-0.25, -0.2) is 0 Å². The van der Waals surface area contributed by atoms with Gasteiger partial charge in [0.2, 0.25) is 0 Å². The van der Waals surface area contributed by atoms with E-state index in [0.717, 1.165) is 25.1 Å². The Balaban J connectivity index is 2.12. The minimum Gasteiger partial charge on any atom is -0.497 e. The summed E-state index contributed by atoms with van der Waals surface area (Å²) in [4.78, 5) is 1.41. The maximum Gasteiger partial charge on any atom is 0.118 e. The summed E-state index contributed by atoms with van der Waals surface area (Å²) in [5.41, 5.74) is 2.77. The summed E-state index contributed by atoms with van der Waals surface area (Å²) >= 11 is 1.82. The van der Waals surface area contributed by atoms with Gasteiger partial charge in [0.25, 0.3) is 0 Å². The number of benzene rings is 1. The van der Waals surface area contributed by atoms with Crippen molar-refractivity contribution in [2.45, 2.75) is 32.7 Å². The molecule has 0 radical (unpaired) electrons. The molecular formula is C17H23NOS. The van der Waals surface area contributed by atoms with Crippen molar-refractivity contribution in [2.75, 3.05) is 13.7 Å². The Kier molecular flexibility index (Phi) is 5.62. The van der Waals surface area contributed by atoms with Gasteiger partial charge in [-0.05, 0) is 61.0 Å². The molecule has 0 aliphatic carbocycles. The van der Waals surface area contributed by atoms with Crippen LogP contribution in [-0.2, 0) is 6.42 Å². The highest BCUT2D eigenvalue weighted by atomic mass is 32.1. The van der Waals surface area contributed by atoms with Gasteiger partial charge in [0.1, 0.15) is 5.75 Å². The van der Waals surface area contributed by atoms with Gasteiger partial charge in [-0.2, -0.15) is 0 Å². The van der Waals surface area contributed by atoms with Crippen LogP contribution < -0.4 is 10.1 Å². The molecule has 0 bridgehead atoms. The molecule has 1 aromatic heterocycles. The molecule has 108 valence electrons. The van der Waals surface area contributed by atoms with Gasteiger partial charge < -0.3 is 10.1 Å². The van der Waals surface area contributed by atoms with Crippen molar-refractivity contribution in [1.29, 1.82) is 0 Å². The van der Waals surface area contributed by atoms with E-state index in [9.17, 15) is 0 Å². The third-order valence-corrected chi connectivity index (χ3v) is 4.38. The zero-order chi connectivity index (χ0) is 14.4. The fraction of sp³-hybridized carbons (Fsp3) is 0.412. The Bertz CT molecular complexity index is 518. The van der Waals surface area contributed by atoms with Crippen LogP contribution in [0.3, 0.4) is 0 Å². The van der Waals surface area contributed by atoms with Gasteiger partial charge in [-0.3, -0.25) is 0 Å². The number of methoxy groups -OCH3 is 1. The van der Waals surface area contributed by atoms with Crippen molar-refractivity contribution in [2.24, 2.45) is 0 Å². The van der Waals surface area contributed by atoms with Crippen LogP contribution in [0.4, 0.5) is 0 Å². The summed E-state index contributed by atoms with van der Waals surface area (Å²) in [6, 6.07) is 11.0. The number of rotatable bonds is 7. The van der Waals surface area contributed by atoms with E-state index >= 15 is 0 Å². The molecule has 0 spiro atoms. The zero-order valence-corrected chi connectivity index (χ0v) is 13.3. The van der Waals surface area contributed by atoms with Crippen molar-refractivity contribution in [1.82, 2.24) is 5.32 Å². The van der Waals surface area contributed by atoms with E-state index < -0.39 is 0 Å². The van der Waals surface area contributed by atoms with Crippen molar-refractivity contribution in [3.8, 4) is 5.75 Å². The van der Waals surface area contributed by atoms with Crippen LogP contribution in [-0.4, -0.2) is 13.7 Å². The quantitative estimate of drug-likeness (QED) is 0.818. The van der Waals surface area contributed by atoms with Crippen LogP contribution in [0.15, 0.2) is 35.7 Å². The fourth-order valence-electron chi connectivity index (χ4n) is 2.36. The highest BCUT2D eigenvalue weighted by molar-refractivity contribution is 7.10. The molecular weight excluding hydrogens is 266 g/mol. The van der Waals surface area contributed by atoms with E-state index in [4.69, 9.17) is 4.74 Å². The maximum atomic E-state index is 5.22. The zero-order valence-electron chi connectivity index (χ0n) is 12.5. The molecule has 1 atom stereocenters. The first-order valence-electron chi connectivity index (χ1n) is 7.15. The van der Waals surface area contributed by atoms with Crippen molar-refractivity contribution >= 4 is 11.3 Å². The van der Waals surface area contributed by atoms with Crippen molar-refractivity contribution in [3.63, 3.8) is 0 Å². The van der Waals surface area contributed by atoms with Crippen molar-refractivity contribution < 1.29 is 4.74 Å². The van der Waals surface area contributed by atoms with Gasteiger partial charge in [-0.15, -0.1) is 11.3 Å². The predicted octanol–water partition coefficient (Wildman–Crippen LogP) is 4.35. The Morgan fingerprint density at radius 1 is 1.20 bits per heavy atom. The second kappa shape index (κ2) is 7.46. The number of hydrogen-bond donors (Lipinski definition) is 1. The summed E-state index contributed by atoms with van der Waals surface area (Å²) in [5.74, 6) is 0.915. The standard InChI is InChI=1S/C17H23NOS/c1-4-10-18-17(16-9-11-20-13(16)2)12-14-5-7-15(19-3)8-6-14/h5-9,11,17-18H,4,10,12H2,1-3H3. The lowest BCUT2D eigenvalue weighted by Crippen LogP contribution is -2.24. The number of nitrogens with one attached hydrogen (secondary N) is 1. The molecule has 1 aromatic carbocycles. The summed E-state index contributed by atoms with van der Waals surface area (Å²) in [6.07, 6.45) is 2.17. The first-order chi connectivity index (χ1) is 9.74. The molecule has 0 saturated heterocycles. The van der Waals surface area contributed by atoms with Crippen LogP contribution in [0, 0.1) is 6.92 Å². The molecule has 1 heterocycles. The smallest absolute Gasteiger partial charge is 0.118 e. The minimum absolute atomic E-state index is 0.398. The van der Waals surface area contributed by atoms with Crippen LogP contribution in [0.5, 0.6) is 5.75 Å². The number of ether oxygens (including phenoxy) is 1. The van der Waals surface area contributed by atoms with Gasteiger partial charge in [0.15, 0.2) is 0 Å². The summed E-state index contributed by atoms with van der Waals surface area (Å²) in [5, 5.41) is 5.85. The third kappa shape index (κ3) is 3.84. The molecule has 2 nitrogen and oxygen atoms in total. The molecule has 0 aliphatic rings. The van der Waals surface area contributed by atoms with Gasteiger partial charge in [0.05, 0.1) is 7.11 Å². The minimum atomic E-state index is 0.398. The SMILES string of the molecule is CCCNC(Cc1ccc(OC)cc1)c1ccsc1C. The first-order valence-corrected chi connectivity index (χ1v) is 8.03. The largest absolute Gasteiger partial charge is 0.497 e. The monoisotopic (exact) mass is 289 g/mol. The van der Waals surface area contributed by atoms with Crippen LogP contribution in [0.1, 0.15) is 35.4 Å². The maximum absolute atomic E-state index is 5.22. The molecule has 1 N–H and O–H groups in total. The number of hydrogen-bond acceptors (Lipinski definition) is 3. The normalized spacial score (nSPS) is 12.3. The molecule has 3 heteroatoms. The second-order valence-electron chi connectivity index (χ2n) is 4.99. The number of thiophene rings is 1. The molecule has 20 heavy (non-hydrogen) atoms. The van der Waals surface area contributed by atoms with E-state index in [1.807, 2.05) is 23.5 Å². The van der Waals surface area contributed by atoms with E-state index in [0.29, 0.717) is 6.04 Å². The highest BCUT2D eigenvalue weighted by Crippen LogP contribution is 2.26. The lowest BCUT2D eigenvalue weighted by Gasteiger charge is -2.19. The number of aryl methyl sites for hydroxylation is 1. The second-order valence-corrected chi connectivity index (χ2v) is 6.11. The predicted molar refractivity (Wildman–Crippen MR) is 86.8 cm³/mol. The Labute approximate surface area is 125 Å². The average Bonchev–Trinajstić information content (AvgIpc) is 2.90. The van der Waals surface area contributed by atoms with Crippen LogP contribution in [0.2, 0.25) is 0 Å². The lowest BCUT2D eigenvalue weighted by atomic mass is 9.99. The van der Waals surface area contributed by atoms with Crippen LogP contribution in [0.25, 0.3) is 0 Å². The third-order valence-electron chi connectivity index (χ3n) is 3.51. The molecule has 1 unspecified atom stereocenters. The van der Waals surface area contributed by atoms with Gasteiger partial charge >= 0.3 is 0 Å². The van der Waals surface area contributed by atoms with E-state index in [-0.39, 0.29) is 0 Å². The Morgan fingerprint density at radius 3 is 2.50 bits per heavy atom. The summed E-state index contributed by atoms with van der Waals surface area (Å²) < 4.78 is 5.22. The fourth-order valence-corrected chi connectivity index (χ4v) is 3.13. The molecule has 0 amide bonds. The molecule has 2 aromatic rings. The highest BCUT2D eigenvalue weighted by Gasteiger charge is 2.14. The van der Waals surface area contributed by atoms with Crippen molar-refractivity contribution in [3.05, 3.63) is 51.7 Å². The first kappa shape index (κ1) is 15.1. The Morgan fingerprint density at radius 2 is 1.95 bits per heavy atom. The molecule has 0 fully saturated rings. The van der Waals surface area contributed by atoms with E-state index in [2.05, 4.69) is 42.7 Å². The van der Waals surface area contributed by atoms with E-state index in [1.165, 1.54) is 16.0 Å². The van der Waals surface area contributed by atoms with Gasteiger partial charge in [-0.1, -0.05) is 19.1 Å². The summed E-state index contributed by atoms with van der Waals surface area (Å²) in [6.45, 7) is 5.46. The van der Waals surface area contributed by atoms with Gasteiger partial charge in [0, 0.05) is 10.9 Å². The molecule has 0 aliphatic heterocycles. The van der Waals surface area contributed by atoms with E-state index in [1.54, 1.807) is 7.11 Å². The summed E-state index contributed by atoms with van der Waals surface area (Å²) in [7, 11) is 1.70. The lowest BCUT2D eigenvalue weighted by molar-refractivity contribution is 0.414. The molecule has 0 saturated carbocycles. The topological polar surface area (TPSA) is 21.3 Å². The average molecular weight is 289 g/mol. The van der Waals surface area contributed by atoms with Crippen LogP contribution >= 0.6 is 11.3 Å². The molecule has 2 rings (SSSR count). The Hall–Kier alpha value is -1.32.